The highest BCUT2D eigenvalue weighted by Crippen LogP contribution is 2.15. The number of hydrogen-bond acceptors (Lipinski definition) is 3. The molecule has 0 amide bonds. The predicted molar refractivity (Wildman–Crippen MR) is 63.8 cm³/mol. The normalized spacial score (nSPS) is 14.0. The van der Waals surface area contributed by atoms with Crippen molar-refractivity contribution in [3.8, 4) is 0 Å². The quantitative estimate of drug-likeness (QED) is 0.506. The van der Waals surface area contributed by atoms with Crippen molar-refractivity contribution in [3.05, 3.63) is 0 Å². The first-order valence-electron chi connectivity index (χ1n) is 5.85. The van der Waals surface area contributed by atoms with Crippen LogP contribution in [0.2, 0.25) is 6.32 Å². The van der Waals surface area contributed by atoms with Crippen molar-refractivity contribution in [1.82, 2.24) is 0 Å². The van der Waals surface area contributed by atoms with Crippen molar-refractivity contribution in [1.29, 1.82) is 0 Å². The van der Waals surface area contributed by atoms with Crippen LogP contribution in [0.25, 0.3) is 0 Å². The summed E-state index contributed by atoms with van der Waals surface area (Å²) in [6, 6.07) is 0. The minimum absolute atomic E-state index is 0.0687. The maximum absolute atomic E-state index is 8.64. The lowest BCUT2D eigenvalue weighted by Crippen LogP contribution is -2.25. The molecule has 0 spiro atoms. The maximum Gasteiger partial charge on any atom is 0.451 e. The van der Waals surface area contributed by atoms with Crippen LogP contribution in [-0.2, 0) is 4.74 Å². The summed E-state index contributed by atoms with van der Waals surface area (Å²) in [6.07, 6.45) is 4.80. The Morgan fingerprint density at radius 3 is 2.20 bits per heavy atom. The lowest BCUT2D eigenvalue weighted by molar-refractivity contribution is -0.0549. The molecule has 0 aromatic heterocycles. The van der Waals surface area contributed by atoms with Crippen LogP contribution < -0.4 is 0 Å². The Morgan fingerprint density at radius 1 is 1.13 bits per heavy atom. The van der Waals surface area contributed by atoms with E-state index < -0.39 is 7.12 Å². The Kier molecular flexibility index (Phi) is 7.23. The number of ether oxygens (including phenoxy) is 1. The van der Waals surface area contributed by atoms with Gasteiger partial charge in [-0.05, 0) is 40.4 Å². The van der Waals surface area contributed by atoms with Gasteiger partial charge in [0.05, 0.1) is 11.7 Å². The van der Waals surface area contributed by atoms with Crippen molar-refractivity contribution in [3.63, 3.8) is 0 Å². The van der Waals surface area contributed by atoms with Crippen LogP contribution in [-0.4, -0.2) is 28.9 Å². The molecule has 0 saturated heterocycles. The van der Waals surface area contributed by atoms with E-state index in [0.717, 1.165) is 25.7 Å². The Labute approximate surface area is 94.0 Å². The van der Waals surface area contributed by atoms with Crippen molar-refractivity contribution in [2.24, 2.45) is 0 Å². The van der Waals surface area contributed by atoms with Gasteiger partial charge in [0.25, 0.3) is 0 Å². The third kappa shape index (κ3) is 11.9. The summed E-state index contributed by atoms with van der Waals surface area (Å²) in [5, 5.41) is 17.3. The SMILES string of the molecule is CC(CCCCCB(O)O)OC(C)(C)C. The number of rotatable bonds is 7. The molecule has 0 fully saturated rings. The van der Waals surface area contributed by atoms with Crippen LogP contribution in [0.4, 0.5) is 0 Å². The van der Waals surface area contributed by atoms with Crippen molar-refractivity contribution >= 4 is 7.12 Å². The summed E-state index contributed by atoms with van der Waals surface area (Å²) < 4.78 is 5.77. The lowest BCUT2D eigenvalue weighted by atomic mass is 9.83. The molecule has 0 heterocycles. The van der Waals surface area contributed by atoms with E-state index in [1.165, 1.54) is 0 Å². The van der Waals surface area contributed by atoms with Crippen LogP contribution in [0.5, 0.6) is 0 Å². The van der Waals surface area contributed by atoms with Crippen molar-refractivity contribution in [2.75, 3.05) is 0 Å². The second-order valence-electron chi connectivity index (χ2n) is 5.16. The van der Waals surface area contributed by atoms with Crippen LogP contribution in [0, 0.1) is 0 Å². The smallest absolute Gasteiger partial charge is 0.427 e. The molecule has 15 heavy (non-hydrogen) atoms. The second kappa shape index (κ2) is 7.26. The van der Waals surface area contributed by atoms with Crippen LogP contribution in [0.1, 0.15) is 53.4 Å². The average Bonchev–Trinajstić information content (AvgIpc) is 1.99. The summed E-state index contributed by atoms with van der Waals surface area (Å²) in [7, 11) is -1.15. The summed E-state index contributed by atoms with van der Waals surface area (Å²) >= 11 is 0. The van der Waals surface area contributed by atoms with Gasteiger partial charge in [-0.15, -0.1) is 0 Å². The molecule has 0 radical (unpaired) electrons. The summed E-state index contributed by atoms with van der Waals surface area (Å²) in [5.41, 5.74) is -0.0687. The van der Waals surface area contributed by atoms with Gasteiger partial charge < -0.3 is 14.8 Å². The highest BCUT2D eigenvalue weighted by Gasteiger charge is 2.14. The van der Waals surface area contributed by atoms with Gasteiger partial charge in [0.15, 0.2) is 0 Å². The van der Waals surface area contributed by atoms with Crippen LogP contribution >= 0.6 is 0 Å². The Hall–Kier alpha value is -0.0551. The molecule has 1 atom stereocenters. The van der Waals surface area contributed by atoms with E-state index in [9.17, 15) is 0 Å². The molecule has 0 rings (SSSR count). The average molecular weight is 216 g/mol. The van der Waals surface area contributed by atoms with Gasteiger partial charge in [-0.3, -0.25) is 0 Å². The molecule has 0 aliphatic heterocycles. The molecule has 0 aliphatic rings. The molecule has 2 N–H and O–H groups in total. The van der Waals surface area contributed by atoms with E-state index in [4.69, 9.17) is 14.8 Å². The number of unbranched alkanes of at least 4 members (excludes halogenated alkanes) is 2. The first kappa shape index (κ1) is 14.9. The number of hydrogen-bond donors (Lipinski definition) is 2. The van der Waals surface area contributed by atoms with Gasteiger partial charge in [-0.1, -0.05) is 19.3 Å². The molecule has 90 valence electrons. The van der Waals surface area contributed by atoms with E-state index in [-0.39, 0.29) is 11.7 Å². The minimum Gasteiger partial charge on any atom is -0.427 e. The topological polar surface area (TPSA) is 49.7 Å². The zero-order valence-electron chi connectivity index (χ0n) is 10.5. The van der Waals surface area contributed by atoms with Crippen molar-refractivity contribution in [2.45, 2.75) is 71.4 Å². The van der Waals surface area contributed by atoms with Gasteiger partial charge >= 0.3 is 7.12 Å². The molecule has 0 saturated carbocycles. The fourth-order valence-corrected chi connectivity index (χ4v) is 1.60. The second-order valence-corrected chi connectivity index (χ2v) is 5.16. The van der Waals surface area contributed by atoms with Crippen molar-refractivity contribution < 1.29 is 14.8 Å². The molecule has 0 aromatic rings. The maximum atomic E-state index is 8.64. The fraction of sp³-hybridized carbons (Fsp3) is 1.00. The Morgan fingerprint density at radius 2 is 1.73 bits per heavy atom. The zero-order chi connectivity index (χ0) is 11.9. The van der Waals surface area contributed by atoms with Gasteiger partial charge in [0.1, 0.15) is 0 Å². The first-order valence-corrected chi connectivity index (χ1v) is 5.85. The summed E-state index contributed by atoms with van der Waals surface area (Å²) in [6.45, 7) is 8.27. The first-order chi connectivity index (χ1) is 6.81. The predicted octanol–water partition coefficient (Wildman–Crippen LogP) is 2.22. The van der Waals surface area contributed by atoms with E-state index in [1.807, 2.05) is 0 Å². The molecular formula is C11H25BO3. The monoisotopic (exact) mass is 216 g/mol. The molecule has 4 heteroatoms. The van der Waals surface area contributed by atoms with Gasteiger partial charge in [-0.25, -0.2) is 0 Å². The minimum atomic E-state index is -1.15. The molecule has 1 unspecified atom stereocenters. The van der Waals surface area contributed by atoms with Gasteiger partial charge in [-0.2, -0.15) is 0 Å². The van der Waals surface area contributed by atoms with Gasteiger partial charge in [0, 0.05) is 0 Å². The summed E-state index contributed by atoms with van der Waals surface area (Å²) in [5.74, 6) is 0. The third-order valence-electron chi connectivity index (χ3n) is 2.13. The highest BCUT2D eigenvalue weighted by atomic mass is 16.5. The summed E-state index contributed by atoms with van der Waals surface area (Å²) in [4.78, 5) is 0. The molecule has 3 nitrogen and oxygen atoms in total. The molecular weight excluding hydrogens is 191 g/mol. The largest absolute Gasteiger partial charge is 0.451 e. The zero-order valence-corrected chi connectivity index (χ0v) is 10.5. The molecule has 0 aliphatic carbocycles. The highest BCUT2D eigenvalue weighted by molar-refractivity contribution is 6.40. The Balaban J connectivity index is 3.36. The van der Waals surface area contributed by atoms with Crippen LogP contribution in [0.3, 0.4) is 0 Å². The Bertz CT molecular complexity index is 154. The standard InChI is InChI=1S/C11H25BO3/c1-10(15-11(2,3)4)8-6-5-7-9-12(13)14/h10,13-14H,5-9H2,1-4H3. The lowest BCUT2D eigenvalue weighted by Gasteiger charge is -2.25. The fourth-order valence-electron chi connectivity index (χ4n) is 1.60. The van der Waals surface area contributed by atoms with E-state index in [2.05, 4.69) is 27.7 Å². The van der Waals surface area contributed by atoms with Gasteiger partial charge in [0.2, 0.25) is 0 Å². The molecule has 0 aromatic carbocycles. The van der Waals surface area contributed by atoms with E-state index in [0.29, 0.717) is 6.32 Å². The third-order valence-corrected chi connectivity index (χ3v) is 2.13. The molecule has 0 bridgehead atoms. The van der Waals surface area contributed by atoms with E-state index >= 15 is 0 Å². The van der Waals surface area contributed by atoms with E-state index in [1.54, 1.807) is 0 Å². The van der Waals surface area contributed by atoms with Crippen LogP contribution in [0.15, 0.2) is 0 Å².